The van der Waals surface area contributed by atoms with Gasteiger partial charge in [0.25, 0.3) is 5.91 Å². The number of methoxy groups -OCH3 is 1. The van der Waals surface area contributed by atoms with E-state index in [2.05, 4.69) is 5.32 Å². The number of rotatable bonds is 9. The van der Waals surface area contributed by atoms with Gasteiger partial charge in [-0.1, -0.05) is 12.1 Å². The first-order valence-electron chi connectivity index (χ1n) is 10.5. The van der Waals surface area contributed by atoms with Crippen LogP contribution >= 0.6 is 0 Å². The maximum Gasteiger partial charge on any atom is 0.271 e. The van der Waals surface area contributed by atoms with E-state index in [0.29, 0.717) is 23.5 Å². The third kappa shape index (κ3) is 6.93. The fourth-order valence-corrected chi connectivity index (χ4v) is 4.53. The summed E-state index contributed by atoms with van der Waals surface area (Å²) in [4.78, 5) is 11.5. The summed E-state index contributed by atoms with van der Waals surface area (Å²) < 4.78 is 48.3. The van der Waals surface area contributed by atoms with E-state index in [4.69, 9.17) is 9.47 Å². The maximum absolute atomic E-state index is 13.8. The Balaban J connectivity index is 1.52. The molecule has 0 radical (unpaired) electrons. The lowest BCUT2D eigenvalue weighted by Gasteiger charge is -2.21. The molecule has 174 valence electrons. The van der Waals surface area contributed by atoms with Gasteiger partial charge in [0.1, 0.15) is 17.3 Å². The molecule has 0 spiro atoms. The van der Waals surface area contributed by atoms with Crippen LogP contribution in [-0.2, 0) is 14.8 Å². The monoisotopic (exact) mass is 464 g/mol. The molecule has 1 aliphatic carbocycles. The highest BCUT2D eigenvalue weighted by Gasteiger charge is 2.27. The van der Waals surface area contributed by atoms with Gasteiger partial charge in [-0.3, -0.25) is 9.52 Å². The molecular weight excluding hydrogens is 435 g/mol. The van der Waals surface area contributed by atoms with Crippen molar-refractivity contribution in [1.29, 1.82) is 0 Å². The topological polar surface area (TPSA) is 93.7 Å². The number of halogens is 1. The van der Waals surface area contributed by atoms with Gasteiger partial charge in [0.2, 0.25) is 10.0 Å². The molecule has 2 N–H and O–H groups in total. The van der Waals surface area contributed by atoms with Crippen LogP contribution in [0.3, 0.4) is 0 Å². The summed E-state index contributed by atoms with van der Waals surface area (Å²) in [7, 11) is -2.07. The van der Waals surface area contributed by atoms with Gasteiger partial charge in [-0.05, 0) is 67.5 Å². The Bertz CT molecular complexity index is 1040. The van der Waals surface area contributed by atoms with E-state index in [9.17, 15) is 17.6 Å². The molecule has 0 aromatic heterocycles. The molecule has 1 aliphatic rings. The summed E-state index contributed by atoms with van der Waals surface area (Å²) >= 11 is 0. The standard InChI is InChI=1S/C23H29FN2O5S/c1-15(18-10-19(24)13-22(12-18)30-2)25-20-7-4-17(11-20)16-5-8-21(9-6-16)31-14-23(27)26-32(3,28)29/h5-6,8-10,12-13,15,17,20,25H,4,7,11,14H2,1-3H3,(H,26,27)/t15-,17+,20?/m0/s1. The number of sulfonamides is 1. The minimum Gasteiger partial charge on any atom is -0.497 e. The number of amides is 1. The molecule has 1 unspecified atom stereocenters. The van der Waals surface area contributed by atoms with Crippen molar-refractivity contribution < 1.29 is 27.1 Å². The van der Waals surface area contributed by atoms with E-state index < -0.39 is 15.9 Å². The van der Waals surface area contributed by atoms with Crippen molar-refractivity contribution in [3.05, 3.63) is 59.4 Å². The predicted octanol–water partition coefficient (Wildman–Crippen LogP) is 3.28. The number of benzene rings is 2. The first-order chi connectivity index (χ1) is 15.1. The summed E-state index contributed by atoms with van der Waals surface area (Å²) in [5.74, 6) is 0.372. The molecule has 3 atom stereocenters. The molecule has 1 fully saturated rings. The second-order valence-corrected chi connectivity index (χ2v) is 9.92. The van der Waals surface area contributed by atoms with E-state index in [1.54, 1.807) is 12.1 Å². The number of carbonyl (C=O) groups excluding carboxylic acids is 1. The van der Waals surface area contributed by atoms with Gasteiger partial charge in [-0.2, -0.15) is 0 Å². The third-order valence-electron chi connectivity index (χ3n) is 5.57. The summed E-state index contributed by atoms with van der Waals surface area (Å²) in [5.41, 5.74) is 2.04. The highest BCUT2D eigenvalue weighted by molar-refractivity contribution is 7.89. The van der Waals surface area contributed by atoms with Crippen LogP contribution in [0, 0.1) is 5.82 Å². The van der Waals surface area contributed by atoms with Gasteiger partial charge < -0.3 is 14.8 Å². The van der Waals surface area contributed by atoms with Crippen LogP contribution < -0.4 is 19.5 Å². The van der Waals surface area contributed by atoms with E-state index in [0.717, 1.165) is 31.1 Å². The molecule has 1 amide bonds. The normalized spacial score (nSPS) is 19.4. The van der Waals surface area contributed by atoms with Gasteiger partial charge in [0, 0.05) is 18.2 Å². The van der Waals surface area contributed by atoms with Crippen molar-refractivity contribution in [2.45, 2.75) is 44.2 Å². The molecule has 2 aromatic rings. The van der Waals surface area contributed by atoms with Gasteiger partial charge in [-0.25, -0.2) is 12.8 Å². The highest BCUT2D eigenvalue weighted by atomic mass is 32.2. The minimum atomic E-state index is -3.59. The van der Waals surface area contributed by atoms with Crippen molar-refractivity contribution in [2.75, 3.05) is 20.0 Å². The fourth-order valence-electron chi connectivity index (χ4n) is 4.06. The van der Waals surface area contributed by atoms with E-state index >= 15 is 0 Å². The lowest BCUT2D eigenvalue weighted by atomic mass is 9.97. The number of nitrogens with one attached hydrogen (secondary N) is 2. The SMILES string of the molecule is COc1cc(F)cc([C@H](C)NC2CC[C@@H](c3ccc(OCC(=O)NS(C)(=O)=O)cc3)C2)c1. The van der Waals surface area contributed by atoms with Crippen LogP contribution in [0.1, 0.15) is 49.3 Å². The fraction of sp³-hybridized carbons (Fsp3) is 0.435. The van der Waals surface area contributed by atoms with Crippen LogP contribution in [0.5, 0.6) is 11.5 Å². The van der Waals surface area contributed by atoms with Crippen molar-refractivity contribution in [3.8, 4) is 11.5 Å². The van der Waals surface area contributed by atoms with E-state index in [1.807, 2.05) is 29.8 Å². The van der Waals surface area contributed by atoms with Crippen LogP contribution in [-0.4, -0.2) is 40.3 Å². The Kier molecular flexibility index (Phi) is 7.73. The van der Waals surface area contributed by atoms with Gasteiger partial charge in [0.15, 0.2) is 6.61 Å². The number of hydrogen-bond donors (Lipinski definition) is 2. The van der Waals surface area contributed by atoms with Gasteiger partial charge in [-0.15, -0.1) is 0 Å². The third-order valence-corrected chi connectivity index (χ3v) is 6.17. The van der Waals surface area contributed by atoms with Crippen LogP contribution in [0.15, 0.2) is 42.5 Å². The van der Waals surface area contributed by atoms with Gasteiger partial charge >= 0.3 is 0 Å². The average Bonchev–Trinajstić information content (AvgIpc) is 3.19. The Morgan fingerprint density at radius 1 is 1.16 bits per heavy atom. The largest absolute Gasteiger partial charge is 0.497 e. The Hall–Kier alpha value is -2.65. The molecule has 32 heavy (non-hydrogen) atoms. The second-order valence-electron chi connectivity index (χ2n) is 8.17. The summed E-state index contributed by atoms with van der Waals surface area (Å²) in [5, 5.41) is 3.60. The number of ether oxygens (including phenoxy) is 2. The molecule has 2 aromatic carbocycles. The molecule has 7 nitrogen and oxygen atoms in total. The van der Waals surface area contributed by atoms with Crippen molar-refractivity contribution in [1.82, 2.24) is 10.0 Å². The van der Waals surface area contributed by atoms with Crippen molar-refractivity contribution >= 4 is 15.9 Å². The quantitative estimate of drug-likeness (QED) is 0.592. The molecule has 0 aliphatic heterocycles. The highest BCUT2D eigenvalue weighted by Crippen LogP contribution is 2.36. The van der Waals surface area contributed by atoms with Crippen LogP contribution in [0.25, 0.3) is 0 Å². The smallest absolute Gasteiger partial charge is 0.271 e. The molecular formula is C23H29FN2O5S. The molecule has 0 saturated heterocycles. The molecule has 3 rings (SSSR count). The summed E-state index contributed by atoms with van der Waals surface area (Å²) in [6.07, 6.45) is 3.94. The first kappa shape index (κ1) is 24.0. The van der Waals surface area contributed by atoms with Gasteiger partial charge in [0.05, 0.1) is 13.4 Å². The molecule has 0 heterocycles. The predicted molar refractivity (Wildman–Crippen MR) is 120 cm³/mol. The molecule has 0 bridgehead atoms. The zero-order valence-corrected chi connectivity index (χ0v) is 19.2. The summed E-state index contributed by atoms with van der Waals surface area (Å²) in [6.45, 7) is 1.65. The zero-order chi connectivity index (χ0) is 23.3. The molecule has 1 saturated carbocycles. The lowest BCUT2D eigenvalue weighted by Crippen LogP contribution is -2.33. The Morgan fingerprint density at radius 3 is 2.53 bits per heavy atom. The van der Waals surface area contributed by atoms with E-state index in [-0.39, 0.29) is 18.5 Å². The maximum atomic E-state index is 13.8. The zero-order valence-electron chi connectivity index (χ0n) is 18.4. The number of hydrogen-bond acceptors (Lipinski definition) is 6. The first-order valence-corrected chi connectivity index (χ1v) is 12.4. The van der Waals surface area contributed by atoms with Crippen molar-refractivity contribution in [2.24, 2.45) is 0 Å². The lowest BCUT2D eigenvalue weighted by molar-refractivity contribution is -0.121. The van der Waals surface area contributed by atoms with Crippen LogP contribution in [0.4, 0.5) is 4.39 Å². The Labute approximate surface area is 188 Å². The molecule has 9 heteroatoms. The van der Waals surface area contributed by atoms with Crippen LogP contribution in [0.2, 0.25) is 0 Å². The van der Waals surface area contributed by atoms with E-state index in [1.165, 1.54) is 24.8 Å². The minimum absolute atomic E-state index is 0.00259. The number of carbonyl (C=O) groups is 1. The summed E-state index contributed by atoms with van der Waals surface area (Å²) in [6, 6.07) is 12.6. The van der Waals surface area contributed by atoms with Crippen molar-refractivity contribution in [3.63, 3.8) is 0 Å². The Morgan fingerprint density at radius 2 is 1.88 bits per heavy atom. The average molecular weight is 465 g/mol. The second kappa shape index (κ2) is 10.3.